The fourth-order valence-corrected chi connectivity index (χ4v) is 2.56. The van der Waals surface area contributed by atoms with Gasteiger partial charge in [-0.05, 0) is 50.3 Å². The van der Waals surface area contributed by atoms with Crippen LogP contribution in [0.1, 0.15) is 50.3 Å². The van der Waals surface area contributed by atoms with E-state index >= 15 is 0 Å². The van der Waals surface area contributed by atoms with Crippen LogP contribution in [0.15, 0.2) is 18.2 Å². The molecule has 21 heavy (non-hydrogen) atoms. The van der Waals surface area contributed by atoms with Crippen molar-refractivity contribution in [2.45, 2.75) is 64.9 Å². The molecule has 1 saturated carbocycles. The van der Waals surface area contributed by atoms with Gasteiger partial charge < -0.3 is 10.1 Å². The van der Waals surface area contributed by atoms with E-state index in [4.69, 9.17) is 4.74 Å². The molecule has 1 aromatic carbocycles. The fraction of sp³-hybridized carbons (Fsp3) is 0.588. The highest BCUT2D eigenvalue weighted by molar-refractivity contribution is 5.69. The van der Waals surface area contributed by atoms with Crippen LogP contribution in [0.5, 0.6) is 0 Å². The van der Waals surface area contributed by atoms with Gasteiger partial charge in [-0.1, -0.05) is 18.2 Å². The van der Waals surface area contributed by atoms with E-state index < -0.39 is 5.60 Å². The van der Waals surface area contributed by atoms with Crippen molar-refractivity contribution in [3.05, 3.63) is 34.9 Å². The van der Waals surface area contributed by atoms with E-state index in [2.05, 4.69) is 23.5 Å². The summed E-state index contributed by atoms with van der Waals surface area (Å²) in [6.07, 6.45) is 2.38. The molecule has 0 aromatic heterocycles. The summed E-state index contributed by atoms with van der Waals surface area (Å²) in [5.41, 5.74) is 3.34. The number of ether oxygens (including phenoxy) is 1. The van der Waals surface area contributed by atoms with Crippen LogP contribution >= 0.6 is 0 Å². The zero-order valence-electron chi connectivity index (χ0n) is 13.1. The Morgan fingerprint density at radius 2 is 2.00 bits per heavy atom. The van der Waals surface area contributed by atoms with E-state index in [1.807, 2.05) is 20.8 Å². The van der Waals surface area contributed by atoms with Crippen molar-refractivity contribution in [1.29, 1.82) is 0 Å². The maximum Gasteiger partial charge on any atom is 0.410 e. The second-order valence-corrected chi connectivity index (χ2v) is 7.09. The summed E-state index contributed by atoms with van der Waals surface area (Å²) in [6.45, 7) is 7.92. The summed E-state index contributed by atoms with van der Waals surface area (Å²) in [5, 5.41) is 3.52. The molecule has 4 heteroatoms. The van der Waals surface area contributed by atoms with Crippen LogP contribution in [0.3, 0.4) is 0 Å². The van der Waals surface area contributed by atoms with Crippen molar-refractivity contribution < 1.29 is 9.53 Å². The lowest BCUT2D eigenvalue weighted by Gasteiger charge is -2.24. The van der Waals surface area contributed by atoms with Crippen molar-refractivity contribution in [2.24, 2.45) is 0 Å². The van der Waals surface area contributed by atoms with Gasteiger partial charge in [0.25, 0.3) is 0 Å². The summed E-state index contributed by atoms with van der Waals surface area (Å²) in [7, 11) is 0. The largest absolute Gasteiger partial charge is 0.444 e. The Bertz CT molecular complexity index is 544. The van der Waals surface area contributed by atoms with Gasteiger partial charge in [-0.3, -0.25) is 4.90 Å². The van der Waals surface area contributed by atoms with Gasteiger partial charge in [-0.2, -0.15) is 0 Å². The molecule has 1 heterocycles. The summed E-state index contributed by atoms with van der Waals surface area (Å²) in [5.74, 6) is 0. The molecule has 1 fully saturated rings. The van der Waals surface area contributed by atoms with Crippen LogP contribution in [-0.2, 0) is 24.4 Å². The highest BCUT2D eigenvalue weighted by Gasteiger charge is 2.28. The quantitative estimate of drug-likeness (QED) is 0.928. The fourth-order valence-electron chi connectivity index (χ4n) is 2.56. The van der Waals surface area contributed by atoms with Gasteiger partial charge in [-0.15, -0.1) is 0 Å². The van der Waals surface area contributed by atoms with E-state index in [-0.39, 0.29) is 6.09 Å². The van der Waals surface area contributed by atoms with Gasteiger partial charge in [0.15, 0.2) is 0 Å². The van der Waals surface area contributed by atoms with Gasteiger partial charge in [0.2, 0.25) is 0 Å². The molecule has 0 saturated heterocycles. The first kappa shape index (κ1) is 14.4. The second-order valence-electron chi connectivity index (χ2n) is 7.09. The second kappa shape index (κ2) is 5.34. The Balaban J connectivity index is 1.62. The number of benzene rings is 1. The molecular weight excluding hydrogens is 264 g/mol. The molecule has 4 nitrogen and oxygen atoms in total. The van der Waals surface area contributed by atoms with Crippen LogP contribution in [0.2, 0.25) is 0 Å². The zero-order chi connectivity index (χ0) is 15.0. The highest BCUT2D eigenvalue weighted by Crippen LogP contribution is 2.26. The van der Waals surface area contributed by atoms with E-state index in [0.717, 1.165) is 12.6 Å². The number of carbonyl (C=O) groups is 1. The molecule has 0 unspecified atom stereocenters. The Hall–Kier alpha value is -1.55. The molecular formula is C17H24N2O2. The minimum absolute atomic E-state index is 0.226. The highest BCUT2D eigenvalue weighted by atomic mass is 16.6. The predicted molar refractivity (Wildman–Crippen MR) is 81.8 cm³/mol. The molecule has 0 bridgehead atoms. The molecule has 1 aromatic rings. The minimum atomic E-state index is -0.439. The van der Waals surface area contributed by atoms with Crippen molar-refractivity contribution in [2.75, 3.05) is 0 Å². The normalized spacial score (nSPS) is 17.8. The molecule has 0 atom stereocenters. The standard InChI is InChI=1S/C17H24N2O2/c1-17(2,3)21-16(20)19-10-13-5-4-12(8-14(13)11-19)9-18-15-6-7-15/h4-5,8,15,18H,6-7,9-11H2,1-3H3. The Labute approximate surface area is 126 Å². The summed E-state index contributed by atoms with van der Waals surface area (Å²) >= 11 is 0. The smallest absolute Gasteiger partial charge is 0.410 e. The molecule has 0 radical (unpaired) electrons. The van der Waals surface area contributed by atoms with Crippen molar-refractivity contribution in [3.63, 3.8) is 0 Å². The first-order valence-electron chi connectivity index (χ1n) is 7.73. The number of hydrogen-bond acceptors (Lipinski definition) is 3. The van der Waals surface area contributed by atoms with Crippen LogP contribution in [0, 0.1) is 0 Å². The van der Waals surface area contributed by atoms with Gasteiger partial charge in [0, 0.05) is 25.7 Å². The average Bonchev–Trinajstić information content (AvgIpc) is 3.11. The zero-order valence-corrected chi connectivity index (χ0v) is 13.1. The molecule has 0 spiro atoms. The number of hydrogen-bond donors (Lipinski definition) is 1. The topological polar surface area (TPSA) is 41.6 Å². The third-order valence-electron chi connectivity index (χ3n) is 3.82. The van der Waals surface area contributed by atoms with E-state index in [1.54, 1.807) is 4.90 Å². The number of amides is 1. The van der Waals surface area contributed by atoms with E-state index in [1.165, 1.54) is 29.5 Å². The third-order valence-corrected chi connectivity index (χ3v) is 3.82. The number of nitrogens with zero attached hydrogens (tertiary/aromatic N) is 1. The van der Waals surface area contributed by atoms with Crippen LogP contribution in [0.4, 0.5) is 4.79 Å². The first-order chi connectivity index (χ1) is 9.90. The number of carbonyl (C=O) groups excluding carboxylic acids is 1. The summed E-state index contributed by atoms with van der Waals surface area (Å²) < 4.78 is 5.44. The van der Waals surface area contributed by atoms with Gasteiger partial charge >= 0.3 is 6.09 Å². The van der Waals surface area contributed by atoms with Gasteiger partial charge in [-0.25, -0.2) is 4.79 Å². The Morgan fingerprint density at radius 1 is 1.29 bits per heavy atom. The van der Waals surface area contributed by atoms with Crippen molar-refractivity contribution in [1.82, 2.24) is 10.2 Å². The SMILES string of the molecule is CC(C)(C)OC(=O)N1Cc2ccc(CNC3CC3)cc2C1. The molecule has 1 aliphatic heterocycles. The molecule has 114 valence electrons. The predicted octanol–water partition coefficient (Wildman–Crippen LogP) is 3.19. The molecule has 1 amide bonds. The van der Waals surface area contributed by atoms with Crippen molar-refractivity contribution >= 4 is 6.09 Å². The lowest BCUT2D eigenvalue weighted by atomic mass is 10.1. The third kappa shape index (κ3) is 3.76. The molecule has 2 aliphatic rings. The van der Waals surface area contributed by atoms with Crippen molar-refractivity contribution in [3.8, 4) is 0 Å². The molecule has 1 N–H and O–H groups in total. The van der Waals surface area contributed by atoms with Gasteiger partial charge in [0.1, 0.15) is 5.60 Å². The monoisotopic (exact) mass is 288 g/mol. The van der Waals surface area contributed by atoms with Crippen LogP contribution < -0.4 is 5.32 Å². The van der Waals surface area contributed by atoms with Gasteiger partial charge in [0.05, 0.1) is 0 Å². The van der Waals surface area contributed by atoms with E-state index in [9.17, 15) is 4.79 Å². The Kier molecular flexibility index (Phi) is 3.66. The lowest BCUT2D eigenvalue weighted by Crippen LogP contribution is -2.33. The number of rotatable bonds is 3. The molecule has 1 aliphatic carbocycles. The maximum absolute atomic E-state index is 12.1. The average molecular weight is 288 g/mol. The van der Waals surface area contributed by atoms with Crippen LogP contribution in [-0.4, -0.2) is 22.6 Å². The minimum Gasteiger partial charge on any atom is -0.444 e. The first-order valence-corrected chi connectivity index (χ1v) is 7.73. The van der Waals surface area contributed by atoms with Crippen LogP contribution in [0.25, 0.3) is 0 Å². The number of fused-ring (bicyclic) bond motifs is 1. The number of nitrogens with one attached hydrogen (secondary N) is 1. The van der Waals surface area contributed by atoms with E-state index in [0.29, 0.717) is 13.1 Å². The Morgan fingerprint density at radius 3 is 2.67 bits per heavy atom. The summed E-state index contributed by atoms with van der Waals surface area (Å²) in [4.78, 5) is 13.9. The summed E-state index contributed by atoms with van der Waals surface area (Å²) in [6, 6.07) is 7.24. The molecule has 3 rings (SSSR count). The lowest BCUT2D eigenvalue weighted by molar-refractivity contribution is 0.0242. The maximum atomic E-state index is 12.1.